The van der Waals surface area contributed by atoms with Gasteiger partial charge in [0.25, 0.3) is 11.8 Å². The van der Waals surface area contributed by atoms with Gasteiger partial charge in [-0.2, -0.15) is 0 Å². The molecule has 7 nitrogen and oxygen atoms in total. The third-order valence-corrected chi connectivity index (χ3v) is 7.84. The summed E-state index contributed by atoms with van der Waals surface area (Å²) in [5, 5.41) is 0.885. The van der Waals surface area contributed by atoms with Crippen LogP contribution in [0.4, 0.5) is 0 Å². The maximum Gasteiger partial charge on any atom is 0.256 e. The summed E-state index contributed by atoms with van der Waals surface area (Å²) in [6, 6.07) is 13.7. The Morgan fingerprint density at radius 3 is 2.30 bits per heavy atom. The second kappa shape index (κ2) is 10.9. The largest absolute Gasteiger partial charge is 0.439 e. The normalized spacial score (nSPS) is 19.6. The number of carbonyl (C=O) groups is 2. The number of nitrogens with zero attached hydrogens (tertiary/aromatic N) is 4. The number of hydrogen-bond acceptors (Lipinski definition) is 5. The summed E-state index contributed by atoms with van der Waals surface area (Å²) in [6.07, 6.45) is 5.74. The van der Waals surface area contributed by atoms with E-state index in [-0.39, 0.29) is 27.7 Å². The zero-order chi connectivity index (χ0) is 26.0. The molecule has 0 radical (unpaired) electrons. The fourth-order valence-corrected chi connectivity index (χ4v) is 5.80. The molecule has 1 atom stereocenters. The molecule has 2 aliphatic rings. The van der Waals surface area contributed by atoms with Crippen LogP contribution in [-0.2, 0) is 0 Å². The maximum atomic E-state index is 13.6. The molecule has 192 valence electrons. The van der Waals surface area contributed by atoms with Gasteiger partial charge in [0.1, 0.15) is 16.1 Å². The lowest BCUT2D eigenvalue weighted by atomic mass is 9.87. The highest BCUT2D eigenvalue weighted by molar-refractivity contribution is 6.34. The summed E-state index contributed by atoms with van der Waals surface area (Å²) in [7, 11) is 0. The second-order valence-electron chi connectivity index (χ2n) is 9.34. The smallest absolute Gasteiger partial charge is 0.256 e. The molecule has 0 saturated carbocycles. The Kier molecular flexibility index (Phi) is 7.56. The summed E-state index contributed by atoms with van der Waals surface area (Å²) in [4.78, 5) is 38.7. The summed E-state index contributed by atoms with van der Waals surface area (Å²) < 4.78 is 5.75. The van der Waals surface area contributed by atoms with Crippen molar-refractivity contribution in [2.75, 3.05) is 19.6 Å². The van der Waals surface area contributed by atoms with Crippen LogP contribution in [0, 0.1) is 0 Å². The molecule has 0 aliphatic carbocycles. The van der Waals surface area contributed by atoms with Crippen molar-refractivity contribution in [2.45, 2.75) is 37.6 Å². The van der Waals surface area contributed by atoms with Gasteiger partial charge in [-0.3, -0.25) is 9.59 Å². The zero-order valence-electron chi connectivity index (χ0n) is 20.0. The summed E-state index contributed by atoms with van der Waals surface area (Å²) in [6.45, 7) is 1.85. The molecule has 2 aromatic heterocycles. The predicted molar refractivity (Wildman–Crippen MR) is 143 cm³/mol. The minimum atomic E-state index is -0.267. The van der Waals surface area contributed by atoms with E-state index in [0.29, 0.717) is 53.8 Å². The van der Waals surface area contributed by atoms with Crippen molar-refractivity contribution in [3.8, 4) is 11.6 Å². The molecule has 2 saturated heterocycles. The first-order valence-corrected chi connectivity index (χ1v) is 13.3. The molecule has 2 amide bonds. The molecular formula is C27H25Cl3N4O3. The van der Waals surface area contributed by atoms with E-state index in [9.17, 15) is 9.59 Å². The number of hydrogen-bond donors (Lipinski definition) is 0. The fourth-order valence-electron chi connectivity index (χ4n) is 5.26. The highest BCUT2D eigenvalue weighted by Gasteiger charge is 2.44. The Labute approximate surface area is 230 Å². The van der Waals surface area contributed by atoms with Crippen molar-refractivity contribution in [2.24, 2.45) is 0 Å². The average Bonchev–Trinajstić information content (AvgIpc) is 3.18. The van der Waals surface area contributed by atoms with Gasteiger partial charge in [0.05, 0.1) is 10.6 Å². The van der Waals surface area contributed by atoms with E-state index < -0.39 is 0 Å². The number of benzene rings is 1. The summed E-state index contributed by atoms with van der Waals surface area (Å²) in [5.41, 5.74) is 0.683. The molecular weight excluding hydrogens is 535 g/mol. The Morgan fingerprint density at radius 1 is 0.838 bits per heavy atom. The van der Waals surface area contributed by atoms with Crippen molar-refractivity contribution >= 4 is 46.6 Å². The Morgan fingerprint density at radius 2 is 1.59 bits per heavy atom. The van der Waals surface area contributed by atoms with E-state index in [4.69, 9.17) is 39.5 Å². The maximum absolute atomic E-state index is 13.6. The molecule has 5 rings (SSSR count). The molecule has 1 aromatic carbocycles. The van der Waals surface area contributed by atoms with Gasteiger partial charge in [0.2, 0.25) is 5.88 Å². The number of aromatic nitrogens is 2. The van der Waals surface area contributed by atoms with E-state index >= 15 is 0 Å². The monoisotopic (exact) mass is 558 g/mol. The molecule has 4 heterocycles. The van der Waals surface area contributed by atoms with Gasteiger partial charge in [0.15, 0.2) is 0 Å². The standard InChI is InChI=1S/C27H25Cl3N4O3/c28-19-5-10-23(31-17-19)37-20-6-3-18(4-7-20)25(35)34-15-2-12-27(34)11-1-14-33(16-13-27)26(36)21-8-9-22(29)32-24(21)30/h3-10,17H,1-2,11-16H2. The molecule has 2 aliphatic heterocycles. The van der Waals surface area contributed by atoms with E-state index in [0.717, 1.165) is 25.7 Å². The van der Waals surface area contributed by atoms with Gasteiger partial charge < -0.3 is 14.5 Å². The Balaban J connectivity index is 1.27. The Bertz CT molecular complexity index is 1300. The topological polar surface area (TPSA) is 75.6 Å². The molecule has 1 unspecified atom stereocenters. The summed E-state index contributed by atoms with van der Waals surface area (Å²) in [5.74, 6) is 0.850. The van der Waals surface area contributed by atoms with Crippen LogP contribution in [0.3, 0.4) is 0 Å². The number of carbonyl (C=O) groups excluding carboxylic acids is 2. The molecule has 3 aromatic rings. The number of ether oxygens (including phenoxy) is 1. The van der Waals surface area contributed by atoms with Gasteiger partial charge in [-0.15, -0.1) is 0 Å². The SMILES string of the molecule is O=C(c1ccc(Cl)nc1Cl)N1CCCC2(CCCN2C(=O)c2ccc(Oc3ccc(Cl)cn3)cc2)CC1. The first-order valence-electron chi connectivity index (χ1n) is 12.2. The average molecular weight is 560 g/mol. The third-order valence-electron chi connectivity index (χ3n) is 7.12. The molecule has 0 N–H and O–H groups in total. The fraction of sp³-hybridized carbons (Fsp3) is 0.333. The number of halogens is 3. The van der Waals surface area contributed by atoms with E-state index in [1.807, 2.05) is 9.80 Å². The van der Waals surface area contributed by atoms with Crippen molar-refractivity contribution in [1.29, 1.82) is 0 Å². The van der Waals surface area contributed by atoms with Crippen LogP contribution in [0.1, 0.15) is 52.8 Å². The van der Waals surface area contributed by atoms with Crippen LogP contribution in [0.25, 0.3) is 0 Å². The van der Waals surface area contributed by atoms with Crippen LogP contribution in [0.5, 0.6) is 11.6 Å². The van der Waals surface area contributed by atoms with E-state index in [2.05, 4.69) is 9.97 Å². The first-order chi connectivity index (χ1) is 17.8. The number of amides is 2. The Hall–Kier alpha value is -2.87. The lowest BCUT2D eigenvalue weighted by Crippen LogP contribution is -2.48. The number of rotatable bonds is 4. The highest BCUT2D eigenvalue weighted by atomic mass is 35.5. The molecule has 2 fully saturated rings. The van der Waals surface area contributed by atoms with Gasteiger partial charge in [0, 0.05) is 43.0 Å². The zero-order valence-corrected chi connectivity index (χ0v) is 22.3. The first kappa shape index (κ1) is 25.8. The number of pyridine rings is 2. The summed E-state index contributed by atoms with van der Waals surface area (Å²) >= 11 is 18.0. The number of likely N-dealkylation sites (tertiary alicyclic amines) is 2. The molecule has 0 bridgehead atoms. The lowest BCUT2D eigenvalue weighted by Gasteiger charge is -2.38. The molecule has 37 heavy (non-hydrogen) atoms. The van der Waals surface area contributed by atoms with E-state index in [1.54, 1.807) is 48.5 Å². The van der Waals surface area contributed by atoms with Gasteiger partial charge in [-0.1, -0.05) is 34.8 Å². The van der Waals surface area contributed by atoms with Crippen LogP contribution < -0.4 is 4.74 Å². The molecule has 10 heteroatoms. The van der Waals surface area contributed by atoms with E-state index in [1.165, 1.54) is 6.20 Å². The van der Waals surface area contributed by atoms with Crippen LogP contribution >= 0.6 is 34.8 Å². The van der Waals surface area contributed by atoms with Crippen molar-refractivity contribution in [3.05, 3.63) is 81.2 Å². The van der Waals surface area contributed by atoms with Gasteiger partial charge >= 0.3 is 0 Å². The van der Waals surface area contributed by atoms with Gasteiger partial charge in [-0.05, 0) is 74.6 Å². The third kappa shape index (κ3) is 5.54. The minimum absolute atomic E-state index is 0.00149. The predicted octanol–water partition coefficient (Wildman–Crippen LogP) is 6.53. The van der Waals surface area contributed by atoms with Crippen LogP contribution in [0.15, 0.2) is 54.7 Å². The lowest BCUT2D eigenvalue weighted by molar-refractivity contribution is 0.0555. The van der Waals surface area contributed by atoms with Crippen molar-refractivity contribution < 1.29 is 14.3 Å². The van der Waals surface area contributed by atoms with Crippen molar-refractivity contribution in [3.63, 3.8) is 0 Å². The van der Waals surface area contributed by atoms with Gasteiger partial charge in [-0.25, -0.2) is 9.97 Å². The second-order valence-corrected chi connectivity index (χ2v) is 10.5. The highest BCUT2D eigenvalue weighted by Crippen LogP contribution is 2.40. The minimum Gasteiger partial charge on any atom is -0.439 e. The molecule has 1 spiro atoms. The quantitative estimate of drug-likeness (QED) is 0.340. The van der Waals surface area contributed by atoms with Crippen molar-refractivity contribution in [1.82, 2.24) is 19.8 Å². The van der Waals surface area contributed by atoms with Crippen LogP contribution in [-0.4, -0.2) is 56.8 Å². The van der Waals surface area contributed by atoms with Crippen LogP contribution in [0.2, 0.25) is 15.3 Å².